The van der Waals surface area contributed by atoms with Crippen LogP contribution in [0.15, 0.2) is 35.3 Å². The molecule has 0 radical (unpaired) electrons. The van der Waals surface area contributed by atoms with Crippen molar-refractivity contribution < 1.29 is 4.79 Å². The van der Waals surface area contributed by atoms with Crippen molar-refractivity contribution in [3.8, 4) is 0 Å². The van der Waals surface area contributed by atoms with Gasteiger partial charge in [-0.05, 0) is 30.7 Å². The molecule has 0 spiro atoms. The maximum Gasteiger partial charge on any atom is 0.231 e. The molecule has 1 aliphatic carbocycles. The summed E-state index contributed by atoms with van der Waals surface area (Å²) in [5.41, 5.74) is 6.85. The van der Waals surface area contributed by atoms with Crippen LogP contribution >= 0.6 is 0 Å². The fourth-order valence-electron chi connectivity index (χ4n) is 3.09. The molecule has 1 aromatic rings. The molecule has 3 atom stereocenters. The largest absolute Gasteiger partial charge is 0.369 e. The van der Waals surface area contributed by atoms with Crippen molar-refractivity contribution >= 4 is 11.9 Å². The van der Waals surface area contributed by atoms with Gasteiger partial charge in [0.2, 0.25) is 5.91 Å². The summed E-state index contributed by atoms with van der Waals surface area (Å²) >= 11 is 0. The SMILES string of the molecule is CN1C(=O)C[C@@](C)([C@@H]2C[C@H]2c2ccccc2)N=C1N. The quantitative estimate of drug-likeness (QED) is 0.877. The molecule has 1 aliphatic heterocycles. The zero-order valence-electron chi connectivity index (χ0n) is 11.3. The normalized spacial score (nSPS) is 34.1. The summed E-state index contributed by atoms with van der Waals surface area (Å²) < 4.78 is 0. The molecular formula is C15H19N3O. The van der Waals surface area contributed by atoms with E-state index in [-0.39, 0.29) is 11.4 Å². The molecule has 1 fully saturated rings. The molecule has 0 saturated heterocycles. The van der Waals surface area contributed by atoms with Crippen LogP contribution in [0.1, 0.15) is 31.2 Å². The third kappa shape index (κ3) is 2.01. The fourth-order valence-corrected chi connectivity index (χ4v) is 3.09. The fraction of sp³-hybridized carbons (Fsp3) is 0.467. The average Bonchev–Trinajstić information content (AvgIpc) is 3.18. The molecule has 0 unspecified atom stereocenters. The van der Waals surface area contributed by atoms with Crippen molar-refractivity contribution in [2.24, 2.45) is 16.6 Å². The summed E-state index contributed by atoms with van der Waals surface area (Å²) in [4.78, 5) is 18.0. The van der Waals surface area contributed by atoms with Gasteiger partial charge in [0, 0.05) is 7.05 Å². The topological polar surface area (TPSA) is 58.7 Å². The highest BCUT2D eigenvalue weighted by atomic mass is 16.2. The van der Waals surface area contributed by atoms with Crippen molar-refractivity contribution in [2.45, 2.75) is 31.2 Å². The van der Waals surface area contributed by atoms with Crippen LogP contribution in [0, 0.1) is 5.92 Å². The molecule has 0 bridgehead atoms. The Morgan fingerprint density at radius 1 is 1.37 bits per heavy atom. The number of hydrogen-bond acceptors (Lipinski definition) is 3. The number of rotatable bonds is 2. The summed E-state index contributed by atoms with van der Waals surface area (Å²) in [5.74, 6) is 1.34. The van der Waals surface area contributed by atoms with Crippen molar-refractivity contribution in [3.63, 3.8) is 0 Å². The highest BCUT2D eigenvalue weighted by Gasteiger charge is 2.53. The van der Waals surface area contributed by atoms with E-state index in [1.165, 1.54) is 10.5 Å². The van der Waals surface area contributed by atoms with E-state index < -0.39 is 0 Å². The zero-order valence-corrected chi connectivity index (χ0v) is 11.3. The first-order chi connectivity index (χ1) is 9.01. The lowest BCUT2D eigenvalue weighted by molar-refractivity contribution is -0.128. The van der Waals surface area contributed by atoms with Crippen molar-refractivity contribution in [1.82, 2.24) is 4.90 Å². The lowest BCUT2D eigenvalue weighted by Crippen LogP contribution is -2.49. The van der Waals surface area contributed by atoms with Gasteiger partial charge in [-0.25, -0.2) is 4.99 Å². The van der Waals surface area contributed by atoms with Gasteiger partial charge in [-0.3, -0.25) is 9.69 Å². The first-order valence-electron chi connectivity index (χ1n) is 6.68. The minimum Gasteiger partial charge on any atom is -0.369 e. The van der Waals surface area contributed by atoms with Crippen LogP contribution in [0.3, 0.4) is 0 Å². The molecule has 4 nitrogen and oxygen atoms in total. The molecule has 19 heavy (non-hydrogen) atoms. The molecule has 1 heterocycles. The Labute approximate surface area is 113 Å². The van der Waals surface area contributed by atoms with E-state index in [0.29, 0.717) is 24.2 Å². The van der Waals surface area contributed by atoms with Crippen LogP contribution in [0.5, 0.6) is 0 Å². The molecule has 1 amide bonds. The van der Waals surface area contributed by atoms with Gasteiger partial charge in [-0.1, -0.05) is 30.3 Å². The van der Waals surface area contributed by atoms with Crippen LogP contribution in [-0.2, 0) is 4.79 Å². The third-order valence-corrected chi connectivity index (χ3v) is 4.41. The maximum atomic E-state index is 12.0. The van der Waals surface area contributed by atoms with Crippen molar-refractivity contribution in [1.29, 1.82) is 0 Å². The first-order valence-corrected chi connectivity index (χ1v) is 6.68. The Morgan fingerprint density at radius 2 is 2.05 bits per heavy atom. The number of carbonyl (C=O) groups excluding carboxylic acids is 1. The summed E-state index contributed by atoms with van der Waals surface area (Å²) in [6, 6.07) is 10.4. The molecule has 3 rings (SSSR count). The van der Waals surface area contributed by atoms with Crippen molar-refractivity contribution in [3.05, 3.63) is 35.9 Å². The Hall–Kier alpha value is -1.84. The smallest absolute Gasteiger partial charge is 0.231 e. The van der Waals surface area contributed by atoms with Crippen LogP contribution in [0.4, 0.5) is 0 Å². The zero-order chi connectivity index (χ0) is 13.6. The van der Waals surface area contributed by atoms with E-state index >= 15 is 0 Å². The molecule has 0 aromatic heterocycles. The Morgan fingerprint density at radius 3 is 2.68 bits per heavy atom. The Kier molecular flexibility index (Phi) is 2.62. The van der Waals surface area contributed by atoms with E-state index in [1.807, 2.05) is 6.07 Å². The van der Waals surface area contributed by atoms with Gasteiger partial charge in [0.1, 0.15) is 0 Å². The summed E-state index contributed by atoms with van der Waals surface area (Å²) in [5, 5.41) is 0. The highest BCUT2D eigenvalue weighted by Crippen LogP contribution is 2.56. The van der Waals surface area contributed by atoms with E-state index in [9.17, 15) is 4.79 Å². The van der Waals surface area contributed by atoms with Crippen LogP contribution in [0.2, 0.25) is 0 Å². The van der Waals surface area contributed by atoms with Gasteiger partial charge >= 0.3 is 0 Å². The van der Waals surface area contributed by atoms with E-state index in [4.69, 9.17) is 5.73 Å². The average molecular weight is 257 g/mol. The molecule has 2 N–H and O–H groups in total. The van der Waals surface area contributed by atoms with Crippen LogP contribution in [0.25, 0.3) is 0 Å². The number of nitrogens with zero attached hydrogens (tertiary/aromatic N) is 2. The Bertz CT molecular complexity index is 540. The molecular weight excluding hydrogens is 238 g/mol. The van der Waals surface area contributed by atoms with Crippen LogP contribution < -0.4 is 5.73 Å². The number of hydrogen-bond donors (Lipinski definition) is 1. The lowest BCUT2D eigenvalue weighted by Gasteiger charge is -2.33. The minimum absolute atomic E-state index is 0.0636. The molecule has 4 heteroatoms. The number of guanidine groups is 1. The van der Waals surface area contributed by atoms with Crippen LogP contribution in [-0.4, -0.2) is 29.4 Å². The van der Waals surface area contributed by atoms with E-state index in [1.54, 1.807) is 7.05 Å². The number of nitrogens with two attached hydrogens (primary N) is 1. The number of aliphatic imine (C=N–C) groups is 1. The summed E-state index contributed by atoms with van der Waals surface area (Å²) in [6.45, 7) is 2.05. The van der Waals surface area contributed by atoms with Gasteiger partial charge in [0.05, 0.1) is 12.0 Å². The number of carbonyl (C=O) groups is 1. The maximum absolute atomic E-state index is 12.0. The van der Waals surface area contributed by atoms with Gasteiger partial charge in [0.15, 0.2) is 5.96 Å². The van der Waals surface area contributed by atoms with Gasteiger partial charge in [0.25, 0.3) is 0 Å². The molecule has 1 saturated carbocycles. The standard InChI is InChI=1S/C15H19N3O/c1-15(9-13(19)18(2)14(16)17-15)12-8-11(12)10-6-4-3-5-7-10/h3-7,11-12H,8-9H2,1-2H3,(H2,16,17)/t11-,12+,15-/m0/s1. The van der Waals surface area contributed by atoms with Crippen molar-refractivity contribution in [2.75, 3.05) is 7.05 Å². The van der Waals surface area contributed by atoms with E-state index in [2.05, 4.69) is 36.2 Å². The lowest BCUT2D eigenvalue weighted by atomic mass is 9.88. The highest BCUT2D eigenvalue weighted by molar-refractivity contribution is 5.98. The number of benzene rings is 1. The predicted octanol–water partition coefficient (Wildman–Crippen LogP) is 1.73. The molecule has 100 valence electrons. The molecule has 1 aromatic carbocycles. The second-order valence-corrected chi connectivity index (χ2v) is 5.82. The van der Waals surface area contributed by atoms with Gasteiger partial charge < -0.3 is 5.73 Å². The minimum atomic E-state index is -0.339. The second kappa shape index (κ2) is 4.08. The monoisotopic (exact) mass is 257 g/mol. The summed E-state index contributed by atoms with van der Waals surface area (Å²) in [7, 11) is 1.68. The number of amides is 1. The third-order valence-electron chi connectivity index (χ3n) is 4.41. The summed E-state index contributed by atoms with van der Waals surface area (Å²) in [6.07, 6.45) is 1.55. The van der Waals surface area contributed by atoms with E-state index in [0.717, 1.165) is 6.42 Å². The first kappa shape index (κ1) is 12.2. The predicted molar refractivity (Wildman–Crippen MR) is 74.7 cm³/mol. The second-order valence-electron chi connectivity index (χ2n) is 5.82. The van der Waals surface area contributed by atoms with Gasteiger partial charge in [-0.2, -0.15) is 0 Å². The molecule has 2 aliphatic rings. The Balaban J connectivity index is 1.83. The van der Waals surface area contributed by atoms with Gasteiger partial charge in [-0.15, -0.1) is 0 Å².